The second-order valence-electron chi connectivity index (χ2n) is 31.9. The molecule has 11 bridgehead atoms. The number of ether oxygens (including phenoxy) is 8. The quantitative estimate of drug-likeness (QED) is 0.0363. The Morgan fingerprint density at radius 2 is 1.35 bits per heavy atom. The number of Topliss-reactive ketones (excluding diaryl/α,β-unsaturated/α-hetero) is 2. The molecule has 38 heteroatoms. The van der Waals surface area contributed by atoms with Crippen molar-refractivity contribution in [2.45, 2.75) is 214 Å². The van der Waals surface area contributed by atoms with E-state index in [1.165, 1.54) is 18.2 Å². The molecule has 14 rings (SSSR count). The van der Waals surface area contributed by atoms with Gasteiger partial charge in [-0.1, -0.05) is 80.2 Å². The van der Waals surface area contributed by atoms with Crippen molar-refractivity contribution in [1.29, 1.82) is 0 Å². The molecule has 660 valence electrons. The molecule has 36 nitrogen and oxygen atoms in total. The molecule has 6 aromatic carbocycles. The number of phenols is 3. The second-order valence-corrected chi connectivity index (χ2v) is 32.7. The van der Waals surface area contributed by atoms with Crippen LogP contribution in [0.1, 0.15) is 148 Å². The molecule has 8 heterocycles. The van der Waals surface area contributed by atoms with Crippen LogP contribution in [0.5, 0.6) is 46.0 Å². The Morgan fingerprint density at radius 1 is 0.715 bits per heavy atom. The van der Waals surface area contributed by atoms with E-state index in [1.54, 1.807) is 45.0 Å². The first kappa shape index (κ1) is 92.0. The summed E-state index contributed by atoms with van der Waals surface area (Å²) < 4.78 is 50.3. The predicted molar refractivity (Wildman–Crippen MR) is 430 cm³/mol. The molecule has 0 saturated carbocycles. The summed E-state index contributed by atoms with van der Waals surface area (Å²) in [6.07, 6.45) is -24.0. The minimum absolute atomic E-state index is 0.0476. The third-order valence-electron chi connectivity index (χ3n) is 23.0. The summed E-state index contributed by atoms with van der Waals surface area (Å²) >= 11 is 14.4. The van der Waals surface area contributed by atoms with Crippen molar-refractivity contribution in [3.8, 4) is 69.5 Å². The Labute approximate surface area is 713 Å². The van der Waals surface area contributed by atoms with Crippen LogP contribution in [0, 0.1) is 30.1 Å². The van der Waals surface area contributed by atoms with Gasteiger partial charge in [0.15, 0.2) is 41.7 Å². The Balaban J connectivity index is 1.06. The first-order chi connectivity index (χ1) is 58.5. The molecule has 0 radical (unpaired) electrons. The summed E-state index contributed by atoms with van der Waals surface area (Å²) in [7, 11) is 0. The van der Waals surface area contributed by atoms with Crippen LogP contribution >= 0.6 is 23.2 Å². The van der Waals surface area contributed by atoms with Crippen molar-refractivity contribution in [2.24, 2.45) is 23.5 Å². The Kier molecular flexibility index (Phi) is 29.1. The highest BCUT2D eigenvalue weighted by molar-refractivity contribution is 6.32. The largest absolute Gasteiger partial charge is 0.507 e. The van der Waals surface area contributed by atoms with E-state index in [0.29, 0.717) is 12.0 Å². The minimum Gasteiger partial charge on any atom is -0.507 e. The number of carbonyl (C=O) groups is 8. The number of rotatable bonds is 21. The number of fused-ring (bicyclic) bond motifs is 15. The lowest BCUT2D eigenvalue weighted by Crippen LogP contribution is -2.65. The smallest absolute Gasteiger partial charge is 0.295 e. The van der Waals surface area contributed by atoms with E-state index in [-0.39, 0.29) is 59.2 Å². The highest BCUT2D eigenvalue weighted by Crippen LogP contribution is 2.52. The summed E-state index contributed by atoms with van der Waals surface area (Å²) in [6, 6.07) is 12.2. The van der Waals surface area contributed by atoms with Gasteiger partial charge < -0.3 is 142 Å². The maximum absolute atomic E-state index is 16.6. The van der Waals surface area contributed by atoms with Gasteiger partial charge in [0, 0.05) is 72.5 Å². The van der Waals surface area contributed by atoms with E-state index in [4.69, 9.17) is 73.3 Å². The van der Waals surface area contributed by atoms with E-state index in [1.807, 2.05) is 13.8 Å². The Hall–Kier alpha value is -10.2. The average molecular weight is 1750 g/mol. The van der Waals surface area contributed by atoms with Gasteiger partial charge in [-0.05, 0) is 127 Å². The van der Waals surface area contributed by atoms with Gasteiger partial charge in [0.25, 0.3) is 6.47 Å². The number of amides is 5. The molecule has 8 aliphatic rings. The number of benzene rings is 6. The zero-order valence-electron chi connectivity index (χ0n) is 66.9. The van der Waals surface area contributed by atoms with Crippen molar-refractivity contribution in [3.63, 3.8) is 0 Å². The maximum atomic E-state index is 16.6. The fraction of sp³-hybridized carbons (Fsp3) is 0.459. The van der Waals surface area contributed by atoms with Gasteiger partial charge >= 0.3 is 0 Å². The van der Waals surface area contributed by atoms with Gasteiger partial charge in [-0.3, -0.25) is 38.4 Å². The summed E-state index contributed by atoms with van der Waals surface area (Å²) in [5.74, 6) is -15.6. The average Bonchev–Trinajstić information content (AvgIpc) is 0.764. The molecule has 0 aliphatic carbocycles. The lowest BCUT2D eigenvalue weighted by Gasteiger charge is -2.48. The molecule has 123 heavy (non-hydrogen) atoms. The molecule has 3 saturated heterocycles. The number of phenolic OH excluding ortho intramolecular Hbond substituents is 3. The van der Waals surface area contributed by atoms with Gasteiger partial charge in [-0.25, -0.2) is 0 Å². The molecular weight excluding hydrogens is 1650 g/mol. The number of hydrogen-bond acceptors (Lipinski definition) is 31. The number of carbonyl (C=O) groups excluding carboxylic acids is 8. The van der Waals surface area contributed by atoms with Crippen molar-refractivity contribution < 1.29 is 143 Å². The number of aliphatic hydroxyl groups is 10. The predicted octanol–water partition coefficient (Wildman–Crippen LogP) is 2.27. The van der Waals surface area contributed by atoms with Gasteiger partial charge in [0.1, 0.15) is 95.7 Å². The number of halogens is 2. The molecule has 0 aromatic heterocycles. The topological polar surface area (TPSA) is 572 Å². The summed E-state index contributed by atoms with van der Waals surface area (Å²) in [4.78, 5) is 119. The molecule has 0 spiro atoms. The Bertz CT molecular complexity index is 5000. The van der Waals surface area contributed by atoms with Gasteiger partial charge in [-0.15, -0.1) is 6.42 Å². The van der Waals surface area contributed by atoms with Crippen LogP contribution < -0.4 is 51.8 Å². The molecular formula is C85H97Cl2N7O29. The van der Waals surface area contributed by atoms with Crippen LogP contribution in [0.3, 0.4) is 0 Å². The monoisotopic (exact) mass is 1750 g/mol. The van der Waals surface area contributed by atoms with Crippen molar-refractivity contribution in [3.05, 3.63) is 152 Å². The van der Waals surface area contributed by atoms with Gasteiger partial charge in [-0.2, -0.15) is 0 Å². The number of terminal acetylenes is 1. The van der Waals surface area contributed by atoms with Gasteiger partial charge in [0.05, 0.1) is 58.9 Å². The van der Waals surface area contributed by atoms with E-state index >= 15 is 24.0 Å². The SMILES string of the molecule is C#Cc1ccc(CNC2(C)C[C@H](O[C@@H]3C(O)C(O)[C@@H](CO)O[C@H]3Oc3c4cc5cc3Oc3ccc(cc3Cl)[C@@H](O)[C@@H](NC(=O)[C@H](CC)CC(C)C)C(=O)C[C@@H](CC(N)=O)C(=O)N[C@H]5C(=O)C[C@@H]3C(=O)N[C@H](C(=O)N[C@H](OC=O)c5cc(O)c(CNC6C(O)OC(CO)[C@H](O)[C@@H]6O)c(O)c5-c5cc3ccc5O)[C@H](O)c3ccc(c(Cl)c3)O4)O[C@@H](C)[C@H]2O)cc1. The standard InChI is InChI=1S/C85H97Cl2N7O29/c1-7-37-9-11-38(12-10-37)30-90-85(6)29-62(117-36(5)77(85)110)122-76-74(109)72(107)60(33-96)121-84(76)123-75-57-24-43-25-58(75)119-56-18-15-42(22-50(56)87)69(104)66-81(114)94-82(116-34-97)47-28-52(99)48(31-89-67-73(108)71(106)59(32-95)120-83(67)115)70(105)63(47)46-20-40(13-16-51(46)98)45(80(113)93-66)27-54(101)64(43)91-79(112)44(26-61(88)102)23-53(100)65(92-78(111)39(8-2)19-35(3)4)68(103)41-14-17-55(118-57)49(86)21-41/h1,9-18,20-22,24-25,28,34-36,39,44-45,59-60,62,64-69,71-74,76-77,82-84,89-90,95-96,98-99,103-110,115H,8,19,23,26-27,29-33H2,2-6H3,(H2,88,102)(H,91,112)(H,92,111)(H,93,113)(H,94,114)/t36-,39+,44-,45-,59?,60+,62-,64+,65-,66-,67?,68+,69+,71-,72?,73+,74?,76+,77+,82+,83?,84-,85?/m0/s1. The van der Waals surface area contributed by atoms with E-state index in [2.05, 4.69) is 37.8 Å². The molecule has 23 atom stereocenters. The van der Waals surface area contributed by atoms with Crippen LogP contribution in [0.2, 0.25) is 10.0 Å². The van der Waals surface area contributed by atoms with Crippen LogP contribution in [0.4, 0.5) is 0 Å². The van der Waals surface area contributed by atoms with Gasteiger partial charge in [0.2, 0.25) is 47.8 Å². The number of nitrogens with one attached hydrogen (secondary N) is 6. The van der Waals surface area contributed by atoms with E-state index in [0.717, 1.165) is 60.2 Å². The van der Waals surface area contributed by atoms with Crippen LogP contribution in [-0.4, -0.2) is 225 Å². The fourth-order valence-electron chi connectivity index (χ4n) is 16.1. The Morgan fingerprint density at radius 3 is 1.96 bits per heavy atom. The zero-order chi connectivity index (χ0) is 89.1. The first-order valence-corrected chi connectivity index (χ1v) is 40.4. The molecule has 8 aliphatic heterocycles. The number of aromatic hydroxyl groups is 3. The van der Waals surface area contributed by atoms with E-state index < -0.39 is 293 Å². The minimum atomic E-state index is -2.29. The third-order valence-corrected chi connectivity index (χ3v) is 23.6. The molecule has 6 unspecified atom stereocenters. The van der Waals surface area contributed by atoms with Crippen molar-refractivity contribution in [2.75, 3.05) is 13.2 Å². The lowest BCUT2D eigenvalue weighted by molar-refractivity contribution is -0.334. The molecule has 6 aromatic rings. The number of nitrogens with two attached hydrogens (primary N) is 1. The molecule has 21 N–H and O–H groups in total. The van der Waals surface area contributed by atoms with Crippen molar-refractivity contribution in [1.82, 2.24) is 31.9 Å². The summed E-state index contributed by atoms with van der Waals surface area (Å²) in [6.45, 7) is 6.14. The van der Waals surface area contributed by atoms with Crippen LogP contribution in [-0.2, 0) is 75.1 Å². The molecule has 5 amide bonds. The third kappa shape index (κ3) is 20.0. The number of hydrogen-bond donors (Lipinski definition) is 20. The zero-order valence-corrected chi connectivity index (χ0v) is 68.4. The summed E-state index contributed by atoms with van der Waals surface area (Å²) in [5.41, 5.74) is 2.70. The number of aliphatic hydroxyl groups excluding tert-OH is 10. The highest BCUT2D eigenvalue weighted by atomic mass is 35.5. The lowest BCUT2D eigenvalue weighted by atomic mass is 9.84. The fourth-order valence-corrected chi connectivity index (χ4v) is 16.6. The second kappa shape index (κ2) is 38.9. The molecule has 3 fully saturated rings. The van der Waals surface area contributed by atoms with Crippen LogP contribution in [0.15, 0.2) is 97.1 Å². The number of ketones is 2. The highest BCUT2D eigenvalue weighted by Gasteiger charge is 2.53. The summed E-state index contributed by atoms with van der Waals surface area (Å²) in [5, 5.41) is 166. The number of primary amides is 1. The van der Waals surface area contributed by atoms with Crippen LogP contribution in [0.25, 0.3) is 11.1 Å². The van der Waals surface area contributed by atoms with E-state index in [9.17, 15) is 80.8 Å². The van der Waals surface area contributed by atoms with Crippen molar-refractivity contribution >= 4 is 70.8 Å². The first-order valence-electron chi connectivity index (χ1n) is 39.6. The maximum Gasteiger partial charge on any atom is 0.295 e. The normalized spacial score (nSPS) is 30.1.